The minimum atomic E-state index is -4.53. The first-order valence-electron chi connectivity index (χ1n) is 9.19. The molecule has 0 aliphatic heterocycles. The third kappa shape index (κ3) is 6.94. The molecule has 0 fully saturated rings. The number of rotatable bonds is 9. The highest BCUT2D eigenvalue weighted by molar-refractivity contribution is 7.98. The molecule has 2 rings (SSSR count). The first kappa shape index (κ1) is 25.2. The summed E-state index contributed by atoms with van der Waals surface area (Å²) in [6.45, 7) is 1.49. The predicted octanol–water partition coefficient (Wildman–Crippen LogP) is 4.12. The topological polar surface area (TPSA) is 75.3 Å². The van der Waals surface area contributed by atoms with Gasteiger partial charge in [-0.2, -0.15) is 29.7 Å². The van der Waals surface area contributed by atoms with Crippen molar-refractivity contribution in [2.24, 2.45) is 0 Å². The largest absolute Gasteiger partial charge is 0.416 e. The molecule has 0 saturated heterocycles. The van der Waals surface area contributed by atoms with Gasteiger partial charge in [0.25, 0.3) is 0 Å². The van der Waals surface area contributed by atoms with Crippen LogP contribution in [0.1, 0.15) is 30.5 Å². The van der Waals surface area contributed by atoms with Crippen molar-refractivity contribution < 1.29 is 30.8 Å². The molecular weight excluding hydrogens is 456 g/mol. The Morgan fingerprint density at radius 1 is 1.13 bits per heavy atom. The average Bonchev–Trinajstić information content (AvgIpc) is 2.70. The van der Waals surface area contributed by atoms with Crippen molar-refractivity contribution in [2.45, 2.75) is 36.5 Å². The molecule has 31 heavy (non-hydrogen) atoms. The summed E-state index contributed by atoms with van der Waals surface area (Å²) >= 11 is 1.38. The fourth-order valence-corrected chi connectivity index (χ4v) is 4.55. The van der Waals surface area contributed by atoms with Crippen molar-refractivity contribution in [1.82, 2.24) is 10.0 Å². The number of nitrogens with one attached hydrogen (secondary N) is 2. The molecule has 5 nitrogen and oxygen atoms in total. The number of hydrogen-bond acceptors (Lipinski definition) is 4. The third-order valence-corrected chi connectivity index (χ3v) is 6.57. The van der Waals surface area contributed by atoms with Gasteiger partial charge < -0.3 is 5.32 Å². The first-order valence-corrected chi connectivity index (χ1v) is 12.1. The molecule has 0 aliphatic rings. The van der Waals surface area contributed by atoms with Crippen LogP contribution in [-0.2, 0) is 21.0 Å². The molecule has 0 bridgehead atoms. The van der Waals surface area contributed by atoms with Gasteiger partial charge in [0.1, 0.15) is 16.8 Å². The van der Waals surface area contributed by atoms with E-state index in [9.17, 15) is 30.8 Å². The fraction of sp³-hybridized carbons (Fsp3) is 0.350. The van der Waals surface area contributed by atoms with E-state index in [1.165, 1.54) is 43.0 Å². The van der Waals surface area contributed by atoms with Gasteiger partial charge in [-0.3, -0.25) is 4.79 Å². The first-order chi connectivity index (χ1) is 14.5. The van der Waals surface area contributed by atoms with E-state index in [1.807, 2.05) is 0 Å². The normalized spacial score (nSPS) is 14.1. The maximum Gasteiger partial charge on any atom is 0.416 e. The quantitative estimate of drug-likeness (QED) is 0.532. The zero-order valence-corrected chi connectivity index (χ0v) is 18.4. The number of benzene rings is 2. The smallest absolute Gasteiger partial charge is 0.348 e. The molecule has 2 N–H and O–H groups in total. The van der Waals surface area contributed by atoms with E-state index in [0.29, 0.717) is 5.75 Å². The van der Waals surface area contributed by atoms with Crippen LogP contribution >= 0.6 is 11.8 Å². The van der Waals surface area contributed by atoms with Crippen LogP contribution in [0.15, 0.2) is 53.4 Å². The van der Waals surface area contributed by atoms with Crippen molar-refractivity contribution in [3.63, 3.8) is 0 Å². The lowest BCUT2D eigenvalue weighted by Crippen LogP contribution is -2.47. The Bertz CT molecular complexity index is 1010. The summed E-state index contributed by atoms with van der Waals surface area (Å²) < 4.78 is 80.1. The van der Waals surface area contributed by atoms with Crippen LogP contribution in [0, 0.1) is 5.82 Å². The summed E-state index contributed by atoms with van der Waals surface area (Å²) in [5.41, 5.74) is -0.644. The van der Waals surface area contributed by atoms with Gasteiger partial charge in [0, 0.05) is 0 Å². The molecular formula is C20H22F4N2O3S2. The highest BCUT2D eigenvalue weighted by Crippen LogP contribution is 2.30. The van der Waals surface area contributed by atoms with E-state index in [2.05, 4.69) is 10.0 Å². The lowest BCUT2D eigenvalue weighted by atomic mass is 10.0. The van der Waals surface area contributed by atoms with Crippen molar-refractivity contribution in [1.29, 1.82) is 0 Å². The highest BCUT2D eigenvalue weighted by atomic mass is 32.2. The Morgan fingerprint density at radius 2 is 1.81 bits per heavy atom. The second-order valence-corrected chi connectivity index (χ2v) is 9.41. The van der Waals surface area contributed by atoms with Gasteiger partial charge in [-0.25, -0.2) is 12.8 Å². The van der Waals surface area contributed by atoms with E-state index in [1.54, 1.807) is 6.26 Å². The molecule has 0 radical (unpaired) electrons. The Hall–Kier alpha value is -2.11. The van der Waals surface area contributed by atoms with Crippen LogP contribution in [0.3, 0.4) is 0 Å². The van der Waals surface area contributed by atoms with Crippen LogP contribution < -0.4 is 10.0 Å². The fourth-order valence-electron chi connectivity index (χ4n) is 2.77. The van der Waals surface area contributed by atoms with Crippen molar-refractivity contribution in [3.8, 4) is 0 Å². The van der Waals surface area contributed by atoms with E-state index in [-0.39, 0.29) is 12.0 Å². The molecule has 2 aromatic carbocycles. The summed E-state index contributed by atoms with van der Waals surface area (Å²) in [6, 6.07) is 7.21. The number of carbonyl (C=O) groups is 1. The molecule has 2 atom stereocenters. The zero-order valence-electron chi connectivity index (χ0n) is 16.7. The molecule has 170 valence electrons. The predicted molar refractivity (Wildman–Crippen MR) is 112 cm³/mol. The number of thioether (sulfide) groups is 1. The van der Waals surface area contributed by atoms with Crippen LogP contribution in [0.5, 0.6) is 0 Å². The second-order valence-electron chi connectivity index (χ2n) is 6.74. The van der Waals surface area contributed by atoms with Gasteiger partial charge in [-0.15, -0.1) is 0 Å². The molecule has 11 heteroatoms. The lowest BCUT2D eigenvalue weighted by Gasteiger charge is -2.22. The van der Waals surface area contributed by atoms with E-state index in [0.717, 1.165) is 24.3 Å². The average molecular weight is 479 g/mol. The summed E-state index contributed by atoms with van der Waals surface area (Å²) in [6.07, 6.45) is -2.66. The number of hydrogen-bond donors (Lipinski definition) is 2. The molecule has 2 aromatic rings. The maximum absolute atomic E-state index is 13.9. The van der Waals surface area contributed by atoms with E-state index < -0.39 is 50.5 Å². The summed E-state index contributed by atoms with van der Waals surface area (Å²) in [5, 5.41) is 2.54. The lowest BCUT2D eigenvalue weighted by molar-refractivity contribution is -0.137. The Kier molecular flexibility index (Phi) is 8.49. The Morgan fingerprint density at radius 3 is 2.42 bits per heavy atom. The van der Waals surface area contributed by atoms with Gasteiger partial charge in [0.2, 0.25) is 15.9 Å². The molecule has 0 saturated carbocycles. The Balaban J connectivity index is 2.21. The van der Waals surface area contributed by atoms with Gasteiger partial charge >= 0.3 is 6.18 Å². The van der Waals surface area contributed by atoms with Crippen LogP contribution in [0.4, 0.5) is 17.6 Å². The number of alkyl halides is 3. The van der Waals surface area contributed by atoms with Crippen LogP contribution in [0.25, 0.3) is 0 Å². The number of sulfonamides is 1. The maximum atomic E-state index is 13.9. The summed E-state index contributed by atoms with van der Waals surface area (Å²) in [4.78, 5) is 12.2. The Labute approximate surface area is 182 Å². The molecule has 0 spiro atoms. The standard InChI is InChI=1S/C20H22F4N2O3S2/c1-13(14-6-5-7-15(12-14)20(22,23)24)25-19(27)17(10-11-30-2)26-31(28,29)18-9-4-3-8-16(18)21/h3-9,12-13,17,26H,10-11H2,1-2H3,(H,25,27). The van der Waals surface area contributed by atoms with Gasteiger partial charge in [-0.1, -0.05) is 24.3 Å². The van der Waals surface area contributed by atoms with Gasteiger partial charge in [0.15, 0.2) is 0 Å². The molecule has 0 heterocycles. The number of halogens is 4. The van der Waals surface area contributed by atoms with Crippen molar-refractivity contribution >= 4 is 27.7 Å². The van der Waals surface area contributed by atoms with Crippen molar-refractivity contribution in [2.75, 3.05) is 12.0 Å². The number of amides is 1. The molecule has 0 aromatic heterocycles. The van der Waals surface area contributed by atoms with Gasteiger partial charge in [0.05, 0.1) is 11.6 Å². The minimum Gasteiger partial charge on any atom is -0.348 e. The monoisotopic (exact) mass is 478 g/mol. The van der Waals surface area contributed by atoms with Crippen LogP contribution in [0.2, 0.25) is 0 Å². The minimum absolute atomic E-state index is 0.107. The van der Waals surface area contributed by atoms with Crippen molar-refractivity contribution in [3.05, 3.63) is 65.5 Å². The summed E-state index contributed by atoms with van der Waals surface area (Å²) in [7, 11) is -4.34. The summed E-state index contributed by atoms with van der Waals surface area (Å²) in [5.74, 6) is -1.26. The second kappa shape index (κ2) is 10.5. The number of carbonyl (C=O) groups excluding carboxylic acids is 1. The third-order valence-electron chi connectivity index (χ3n) is 4.42. The van der Waals surface area contributed by atoms with Crippen LogP contribution in [-0.4, -0.2) is 32.4 Å². The zero-order chi connectivity index (χ0) is 23.2. The SMILES string of the molecule is CSCCC(NS(=O)(=O)c1ccccc1F)C(=O)NC(C)c1cccc(C(F)(F)F)c1. The van der Waals surface area contributed by atoms with E-state index >= 15 is 0 Å². The van der Waals surface area contributed by atoms with Gasteiger partial charge in [-0.05, 0) is 55.2 Å². The molecule has 2 unspecified atom stereocenters. The highest BCUT2D eigenvalue weighted by Gasteiger charge is 2.31. The van der Waals surface area contributed by atoms with E-state index in [4.69, 9.17) is 0 Å². The molecule has 1 amide bonds. The molecule has 0 aliphatic carbocycles.